The molecule has 3 aliphatic rings. The van der Waals surface area contributed by atoms with Crippen molar-refractivity contribution in [3.63, 3.8) is 0 Å². The molecule has 1 unspecified atom stereocenters. The highest BCUT2D eigenvalue weighted by molar-refractivity contribution is 5.79. The Bertz CT molecular complexity index is 892. The molecule has 0 spiro atoms. The second kappa shape index (κ2) is 7.24. The van der Waals surface area contributed by atoms with Crippen molar-refractivity contribution in [3.05, 3.63) is 47.5 Å². The minimum atomic E-state index is -0.108. The third kappa shape index (κ3) is 3.22. The van der Waals surface area contributed by atoms with Gasteiger partial charge in [-0.1, -0.05) is 18.2 Å². The maximum Gasteiger partial charge on any atom is 0.231 e. The van der Waals surface area contributed by atoms with E-state index < -0.39 is 0 Å². The van der Waals surface area contributed by atoms with Crippen molar-refractivity contribution in [2.24, 2.45) is 5.92 Å². The Balaban J connectivity index is 1.41. The summed E-state index contributed by atoms with van der Waals surface area (Å²) in [5, 5.41) is 0. The Morgan fingerprint density at radius 2 is 1.82 bits per heavy atom. The standard InChI is InChI=1S/C21H21NO6/c23-21(16-6-7-24-11-16)22(9-14-4-5-17-19(8-14)27-12-25-17)10-15-2-1-3-18-20(15)28-13-26-18/h1-5,8,16H,6-7,9-13H2. The zero-order valence-electron chi connectivity index (χ0n) is 15.4. The molecule has 1 atom stereocenters. The Morgan fingerprint density at radius 3 is 2.71 bits per heavy atom. The molecule has 1 amide bonds. The summed E-state index contributed by atoms with van der Waals surface area (Å²) in [5.74, 6) is 2.86. The minimum Gasteiger partial charge on any atom is -0.454 e. The Labute approximate surface area is 162 Å². The van der Waals surface area contributed by atoms with E-state index in [2.05, 4.69) is 0 Å². The van der Waals surface area contributed by atoms with Gasteiger partial charge < -0.3 is 28.6 Å². The van der Waals surface area contributed by atoms with Crippen LogP contribution in [-0.2, 0) is 22.6 Å². The highest BCUT2D eigenvalue weighted by Crippen LogP contribution is 2.37. The second-order valence-electron chi connectivity index (χ2n) is 7.09. The molecular formula is C21H21NO6. The summed E-state index contributed by atoms with van der Waals surface area (Å²) in [6.45, 7) is 2.45. The molecule has 28 heavy (non-hydrogen) atoms. The van der Waals surface area contributed by atoms with Gasteiger partial charge in [-0.3, -0.25) is 4.79 Å². The average molecular weight is 383 g/mol. The summed E-state index contributed by atoms with van der Waals surface area (Å²) in [6.07, 6.45) is 0.753. The number of rotatable bonds is 5. The molecule has 0 aromatic heterocycles. The Hall–Kier alpha value is -2.93. The summed E-state index contributed by atoms with van der Waals surface area (Å²) in [5.41, 5.74) is 1.92. The number of nitrogens with zero attached hydrogens (tertiary/aromatic N) is 1. The highest BCUT2D eigenvalue weighted by Gasteiger charge is 2.30. The van der Waals surface area contributed by atoms with Crippen LogP contribution in [0.3, 0.4) is 0 Å². The van der Waals surface area contributed by atoms with Crippen molar-refractivity contribution in [1.29, 1.82) is 0 Å². The molecule has 3 aliphatic heterocycles. The fraction of sp³-hybridized carbons (Fsp3) is 0.381. The fourth-order valence-electron chi connectivity index (χ4n) is 3.78. The van der Waals surface area contributed by atoms with E-state index in [0.29, 0.717) is 37.8 Å². The average Bonchev–Trinajstić information content (AvgIpc) is 3.47. The predicted octanol–water partition coefficient (Wildman–Crippen LogP) is 2.71. The van der Waals surface area contributed by atoms with Gasteiger partial charge in [-0.2, -0.15) is 0 Å². The number of carbonyl (C=O) groups excluding carboxylic acids is 1. The van der Waals surface area contributed by atoms with E-state index in [9.17, 15) is 4.79 Å². The molecule has 0 radical (unpaired) electrons. The van der Waals surface area contributed by atoms with Gasteiger partial charge >= 0.3 is 0 Å². The van der Waals surface area contributed by atoms with Crippen LogP contribution in [0, 0.1) is 5.92 Å². The van der Waals surface area contributed by atoms with Crippen molar-refractivity contribution in [1.82, 2.24) is 4.90 Å². The monoisotopic (exact) mass is 383 g/mol. The highest BCUT2D eigenvalue weighted by atomic mass is 16.7. The van der Waals surface area contributed by atoms with E-state index in [0.717, 1.165) is 29.0 Å². The zero-order chi connectivity index (χ0) is 18.9. The molecule has 1 fully saturated rings. The summed E-state index contributed by atoms with van der Waals surface area (Å²) in [4.78, 5) is 15.1. The third-order valence-corrected chi connectivity index (χ3v) is 5.24. The molecule has 0 N–H and O–H groups in total. The maximum atomic E-state index is 13.2. The van der Waals surface area contributed by atoms with Crippen molar-refractivity contribution in [3.8, 4) is 23.0 Å². The van der Waals surface area contributed by atoms with E-state index in [1.165, 1.54) is 0 Å². The topological polar surface area (TPSA) is 66.5 Å². The molecule has 2 aromatic rings. The molecule has 5 rings (SSSR count). The lowest BCUT2D eigenvalue weighted by Crippen LogP contribution is -2.35. The number of para-hydroxylation sites is 1. The van der Waals surface area contributed by atoms with E-state index in [4.69, 9.17) is 23.7 Å². The molecular weight excluding hydrogens is 362 g/mol. The van der Waals surface area contributed by atoms with Crippen LogP contribution in [0.25, 0.3) is 0 Å². The first-order valence-corrected chi connectivity index (χ1v) is 9.40. The lowest BCUT2D eigenvalue weighted by molar-refractivity contribution is -0.136. The summed E-state index contributed by atoms with van der Waals surface area (Å²) in [6, 6.07) is 11.6. The molecule has 7 heteroatoms. The number of hydrogen-bond donors (Lipinski definition) is 0. The third-order valence-electron chi connectivity index (χ3n) is 5.24. The van der Waals surface area contributed by atoms with Gasteiger partial charge in [0.25, 0.3) is 0 Å². The van der Waals surface area contributed by atoms with Gasteiger partial charge in [0.15, 0.2) is 23.0 Å². The Kier molecular flexibility index (Phi) is 4.44. The number of carbonyl (C=O) groups is 1. The van der Waals surface area contributed by atoms with Gasteiger partial charge in [0.2, 0.25) is 19.5 Å². The Morgan fingerprint density at radius 1 is 0.964 bits per heavy atom. The second-order valence-corrected chi connectivity index (χ2v) is 7.09. The van der Waals surface area contributed by atoms with E-state index in [1.807, 2.05) is 41.3 Å². The molecule has 0 aliphatic carbocycles. The van der Waals surface area contributed by atoms with Crippen LogP contribution in [0.1, 0.15) is 17.5 Å². The van der Waals surface area contributed by atoms with Crippen molar-refractivity contribution in [2.75, 3.05) is 26.8 Å². The van der Waals surface area contributed by atoms with Crippen LogP contribution in [-0.4, -0.2) is 37.6 Å². The lowest BCUT2D eigenvalue weighted by atomic mass is 10.1. The number of benzene rings is 2. The van der Waals surface area contributed by atoms with Crippen LogP contribution in [0.2, 0.25) is 0 Å². The zero-order valence-corrected chi connectivity index (χ0v) is 15.4. The predicted molar refractivity (Wildman–Crippen MR) is 98.3 cm³/mol. The number of amides is 1. The van der Waals surface area contributed by atoms with Gasteiger partial charge in [0.1, 0.15) is 0 Å². The lowest BCUT2D eigenvalue weighted by Gasteiger charge is -2.26. The number of ether oxygens (including phenoxy) is 5. The molecule has 146 valence electrons. The summed E-state index contributed by atoms with van der Waals surface area (Å²) < 4.78 is 27.4. The van der Waals surface area contributed by atoms with Crippen LogP contribution >= 0.6 is 0 Å². The van der Waals surface area contributed by atoms with Gasteiger partial charge in [-0.05, 0) is 30.2 Å². The first-order chi connectivity index (χ1) is 13.8. The normalized spacial score (nSPS) is 19.1. The van der Waals surface area contributed by atoms with Crippen LogP contribution in [0.5, 0.6) is 23.0 Å². The number of fused-ring (bicyclic) bond motifs is 2. The van der Waals surface area contributed by atoms with Gasteiger partial charge in [-0.25, -0.2) is 0 Å². The molecule has 1 saturated heterocycles. The SMILES string of the molecule is O=C(C1CCOC1)N(Cc1ccc2c(c1)OCO2)Cc1cccc2c1OCO2. The quantitative estimate of drug-likeness (QED) is 0.791. The molecule has 3 heterocycles. The molecule has 0 bridgehead atoms. The molecule has 0 saturated carbocycles. The minimum absolute atomic E-state index is 0.0895. The first-order valence-electron chi connectivity index (χ1n) is 9.40. The van der Waals surface area contributed by atoms with Gasteiger partial charge in [0.05, 0.1) is 12.5 Å². The smallest absolute Gasteiger partial charge is 0.231 e. The van der Waals surface area contributed by atoms with E-state index >= 15 is 0 Å². The fourth-order valence-corrected chi connectivity index (χ4v) is 3.78. The van der Waals surface area contributed by atoms with Crippen LogP contribution < -0.4 is 18.9 Å². The number of hydrogen-bond acceptors (Lipinski definition) is 6. The van der Waals surface area contributed by atoms with Gasteiger partial charge in [-0.15, -0.1) is 0 Å². The molecule has 2 aromatic carbocycles. The van der Waals surface area contributed by atoms with Crippen LogP contribution in [0.15, 0.2) is 36.4 Å². The van der Waals surface area contributed by atoms with Gasteiger partial charge in [0, 0.05) is 25.3 Å². The van der Waals surface area contributed by atoms with Crippen molar-refractivity contribution >= 4 is 5.91 Å². The largest absolute Gasteiger partial charge is 0.454 e. The summed E-state index contributed by atoms with van der Waals surface area (Å²) in [7, 11) is 0. The summed E-state index contributed by atoms with van der Waals surface area (Å²) >= 11 is 0. The van der Waals surface area contributed by atoms with Crippen LogP contribution in [0.4, 0.5) is 0 Å². The maximum absolute atomic E-state index is 13.2. The van der Waals surface area contributed by atoms with Crippen molar-refractivity contribution < 1.29 is 28.5 Å². The van der Waals surface area contributed by atoms with E-state index in [1.54, 1.807) is 0 Å². The van der Waals surface area contributed by atoms with E-state index in [-0.39, 0.29) is 25.4 Å². The molecule has 7 nitrogen and oxygen atoms in total. The van der Waals surface area contributed by atoms with Crippen molar-refractivity contribution in [2.45, 2.75) is 19.5 Å². The first kappa shape index (κ1) is 17.2.